The summed E-state index contributed by atoms with van der Waals surface area (Å²) in [6.45, 7) is 3.65. The Morgan fingerprint density at radius 1 is 1.04 bits per heavy atom. The van der Waals surface area contributed by atoms with Crippen LogP contribution in [-0.4, -0.2) is 37.0 Å². The van der Waals surface area contributed by atoms with E-state index in [9.17, 15) is 18.0 Å². The van der Waals surface area contributed by atoms with E-state index in [1.165, 1.54) is 6.07 Å². The summed E-state index contributed by atoms with van der Waals surface area (Å²) >= 11 is 5.87. The number of halogens is 4. The van der Waals surface area contributed by atoms with E-state index in [1.807, 2.05) is 17.0 Å². The minimum atomic E-state index is -4.36. The number of nitrogens with zero attached hydrogens (tertiary/aromatic N) is 2. The lowest BCUT2D eigenvalue weighted by molar-refractivity contribution is -0.137. The average molecular weight is 409 g/mol. The predicted molar refractivity (Wildman–Crippen MR) is 105 cm³/mol. The first-order valence-electron chi connectivity index (χ1n) is 8.89. The van der Waals surface area contributed by atoms with Gasteiger partial charge in [-0.05, 0) is 48.9 Å². The third-order valence-electron chi connectivity index (χ3n) is 4.70. The summed E-state index contributed by atoms with van der Waals surface area (Å²) in [5, 5.41) is 0.631. The van der Waals surface area contributed by atoms with E-state index >= 15 is 0 Å². The Morgan fingerprint density at radius 3 is 2.29 bits per heavy atom. The van der Waals surface area contributed by atoms with Crippen LogP contribution in [-0.2, 0) is 11.0 Å². The van der Waals surface area contributed by atoms with Crippen LogP contribution in [0.1, 0.15) is 18.1 Å². The van der Waals surface area contributed by atoms with Gasteiger partial charge in [-0.1, -0.05) is 29.8 Å². The molecule has 2 aromatic rings. The van der Waals surface area contributed by atoms with Gasteiger partial charge in [-0.3, -0.25) is 4.79 Å². The van der Waals surface area contributed by atoms with Gasteiger partial charge in [-0.15, -0.1) is 0 Å². The van der Waals surface area contributed by atoms with Crippen LogP contribution in [0.2, 0.25) is 5.02 Å². The third kappa shape index (κ3) is 4.87. The zero-order chi connectivity index (χ0) is 20.3. The van der Waals surface area contributed by atoms with E-state index in [0.29, 0.717) is 42.5 Å². The van der Waals surface area contributed by atoms with Crippen molar-refractivity contribution in [2.75, 3.05) is 31.1 Å². The van der Waals surface area contributed by atoms with Crippen molar-refractivity contribution in [2.45, 2.75) is 13.1 Å². The molecule has 0 unspecified atom stereocenters. The highest BCUT2D eigenvalue weighted by Gasteiger charge is 2.31. The number of hydrogen-bond donors (Lipinski definition) is 0. The first kappa shape index (κ1) is 20.3. The maximum Gasteiger partial charge on any atom is 0.416 e. The molecule has 1 aliphatic rings. The zero-order valence-electron chi connectivity index (χ0n) is 15.3. The van der Waals surface area contributed by atoms with Crippen LogP contribution in [0.25, 0.3) is 6.08 Å². The van der Waals surface area contributed by atoms with Crippen LogP contribution in [0.15, 0.2) is 54.1 Å². The van der Waals surface area contributed by atoms with Crippen LogP contribution in [0.5, 0.6) is 0 Å². The topological polar surface area (TPSA) is 23.6 Å². The maximum atomic E-state index is 12.9. The van der Waals surface area contributed by atoms with Crippen LogP contribution in [0, 0.1) is 0 Å². The van der Waals surface area contributed by atoms with E-state index < -0.39 is 11.7 Å². The summed E-state index contributed by atoms with van der Waals surface area (Å²) in [5.74, 6) is -0.0707. The molecule has 1 fully saturated rings. The molecule has 1 saturated heterocycles. The van der Waals surface area contributed by atoms with Gasteiger partial charge in [0.1, 0.15) is 0 Å². The third-order valence-corrected chi connectivity index (χ3v) is 4.95. The molecule has 1 aliphatic heterocycles. The fourth-order valence-electron chi connectivity index (χ4n) is 3.17. The van der Waals surface area contributed by atoms with Gasteiger partial charge in [0.2, 0.25) is 5.91 Å². The molecular weight excluding hydrogens is 389 g/mol. The Balaban J connectivity index is 1.63. The van der Waals surface area contributed by atoms with Gasteiger partial charge >= 0.3 is 6.18 Å². The second-order valence-corrected chi connectivity index (χ2v) is 7.14. The number of benzene rings is 2. The molecule has 0 bridgehead atoms. The predicted octanol–water partition coefficient (Wildman–Crippen LogP) is 5.11. The molecule has 1 amide bonds. The Labute approximate surface area is 167 Å². The fraction of sp³-hybridized carbons (Fsp3) is 0.286. The summed E-state index contributed by atoms with van der Waals surface area (Å²) in [5.41, 5.74) is 1.35. The van der Waals surface area contributed by atoms with Crippen molar-refractivity contribution in [3.63, 3.8) is 0 Å². The standard InChI is InChI=1S/C21H20ClF3N2O/c1-15(13-16-5-7-18(22)8-6-16)20(28)27-11-9-26(10-12-27)19-4-2-3-17(14-19)21(23,24)25/h2-8,13-14H,9-12H2,1H3/b15-13+. The van der Waals surface area contributed by atoms with E-state index in [-0.39, 0.29) is 5.91 Å². The number of alkyl halides is 3. The first-order chi connectivity index (χ1) is 13.2. The molecule has 0 atom stereocenters. The minimum Gasteiger partial charge on any atom is -0.368 e. The Hall–Kier alpha value is -2.47. The van der Waals surface area contributed by atoms with Crippen LogP contribution in [0.3, 0.4) is 0 Å². The summed E-state index contributed by atoms with van der Waals surface area (Å²) in [6, 6.07) is 12.5. The number of hydrogen-bond acceptors (Lipinski definition) is 2. The molecule has 1 heterocycles. The first-order valence-corrected chi connectivity index (χ1v) is 9.27. The van der Waals surface area contributed by atoms with Crippen LogP contribution < -0.4 is 4.90 Å². The minimum absolute atomic E-state index is 0.0707. The van der Waals surface area contributed by atoms with Gasteiger partial charge in [0.25, 0.3) is 0 Å². The van der Waals surface area contributed by atoms with Gasteiger partial charge < -0.3 is 9.80 Å². The Kier molecular flexibility index (Phi) is 5.98. The Bertz CT molecular complexity index is 870. The van der Waals surface area contributed by atoms with Crippen molar-refractivity contribution >= 4 is 29.3 Å². The normalized spacial score (nSPS) is 15.7. The van der Waals surface area contributed by atoms with Gasteiger partial charge in [-0.25, -0.2) is 0 Å². The van der Waals surface area contributed by atoms with Crippen molar-refractivity contribution < 1.29 is 18.0 Å². The molecule has 148 valence electrons. The van der Waals surface area contributed by atoms with Crippen molar-refractivity contribution in [3.8, 4) is 0 Å². The number of anilines is 1. The van der Waals surface area contributed by atoms with Crippen molar-refractivity contribution in [1.29, 1.82) is 0 Å². The number of amides is 1. The lowest BCUT2D eigenvalue weighted by atomic mass is 10.1. The lowest BCUT2D eigenvalue weighted by Gasteiger charge is -2.36. The van der Waals surface area contributed by atoms with E-state index in [0.717, 1.165) is 17.7 Å². The average Bonchev–Trinajstić information content (AvgIpc) is 2.69. The van der Waals surface area contributed by atoms with Crippen LogP contribution in [0.4, 0.5) is 18.9 Å². The molecule has 0 aliphatic carbocycles. The molecule has 28 heavy (non-hydrogen) atoms. The van der Waals surface area contributed by atoms with Crippen LogP contribution >= 0.6 is 11.6 Å². The van der Waals surface area contributed by atoms with Gasteiger partial charge in [-0.2, -0.15) is 13.2 Å². The monoisotopic (exact) mass is 408 g/mol. The SMILES string of the molecule is C/C(=C\c1ccc(Cl)cc1)C(=O)N1CCN(c2cccc(C(F)(F)F)c2)CC1. The van der Waals surface area contributed by atoms with E-state index in [4.69, 9.17) is 11.6 Å². The molecule has 0 radical (unpaired) electrons. The van der Waals surface area contributed by atoms with Gasteiger partial charge in [0.05, 0.1) is 5.56 Å². The highest BCUT2D eigenvalue weighted by molar-refractivity contribution is 6.30. The van der Waals surface area contributed by atoms with Gasteiger partial charge in [0.15, 0.2) is 0 Å². The van der Waals surface area contributed by atoms with Crippen molar-refractivity contribution in [1.82, 2.24) is 4.90 Å². The summed E-state index contributed by atoms with van der Waals surface area (Å²) in [7, 11) is 0. The second kappa shape index (κ2) is 8.27. The van der Waals surface area contributed by atoms with Crippen molar-refractivity contribution in [3.05, 3.63) is 70.3 Å². The number of carbonyl (C=O) groups is 1. The number of rotatable bonds is 3. The maximum absolute atomic E-state index is 12.9. The van der Waals surface area contributed by atoms with E-state index in [2.05, 4.69) is 0 Å². The molecule has 0 N–H and O–H groups in total. The van der Waals surface area contributed by atoms with Gasteiger partial charge in [0, 0.05) is 42.5 Å². The summed E-state index contributed by atoms with van der Waals surface area (Å²) < 4.78 is 38.7. The fourth-order valence-corrected chi connectivity index (χ4v) is 3.29. The Morgan fingerprint density at radius 2 is 1.68 bits per heavy atom. The molecule has 3 rings (SSSR count). The molecule has 0 aromatic heterocycles. The number of carbonyl (C=O) groups excluding carboxylic acids is 1. The zero-order valence-corrected chi connectivity index (χ0v) is 16.1. The second-order valence-electron chi connectivity index (χ2n) is 6.71. The quantitative estimate of drug-likeness (QED) is 0.659. The van der Waals surface area contributed by atoms with E-state index in [1.54, 1.807) is 36.1 Å². The largest absolute Gasteiger partial charge is 0.416 e. The highest BCUT2D eigenvalue weighted by Crippen LogP contribution is 2.32. The molecule has 2 aromatic carbocycles. The summed E-state index contributed by atoms with van der Waals surface area (Å²) in [6.07, 6.45) is -2.56. The molecular formula is C21H20ClF3N2O. The summed E-state index contributed by atoms with van der Waals surface area (Å²) in [4.78, 5) is 16.3. The van der Waals surface area contributed by atoms with Crippen molar-refractivity contribution in [2.24, 2.45) is 0 Å². The number of piperazine rings is 1. The highest BCUT2D eigenvalue weighted by atomic mass is 35.5. The molecule has 0 saturated carbocycles. The molecule has 0 spiro atoms. The smallest absolute Gasteiger partial charge is 0.368 e. The molecule has 3 nitrogen and oxygen atoms in total. The molecule has 7 heteroatoms. The lowest BCUT2D eigenvalue weighted by Crippen LogP contribution is -2.49.